The van der Waals surface area contributed by atoms with Crippen LogP contribution in [0.2, 0.25) is 0 Å². The molecule has 2 aliphatic rings. The van der Waals surface area contributed by atoms with Gasteiger partial charge in [-0.2, -0.15) is 0 Å². The topological polar surface area (TPSA) is 134 Å². The Bertz CT molecular complexity index is 1160. The minimum Gasteiger partial charge on any atom is -0.493 e. The van der Waals surface area contributed by atoms with E-state index < -0.39 is 18.0 Å². The molecule has 0 amide bonds. The van der Waals surface area contributed by atoms with E-state index in [2.05, 4.69) is 0 Å². The normalized spacial score (nSPS) is 14.0. The summed E-state index contributed by atoms with van der Waals surface area (Å²) in [5.74, 6) is 0.492. The number of benzene rings is 2. The quantitative estimate of drug-likeness (QED) is 0.548. The van der Waals surface area contributed by atoms with Gasteiger partial charge in [-0.15, -0.1) is 0 Å². The molecule has 2 heterocycles. The molecule has 1 atom stereocenters. The third kappa shape index (κ3) is 4.23. The fourth-order valence-corrected chi connectivity index (χ4v) is 3.85. The SMILES string of the molecule is COC(=O)c1cc(OC)c2c(c1-c1c(COC(=O)[C@H](N)C(C)C)cc(OC)c3c1OCO3)OCO2. The number of fused-ring (bicyclic) bond motifs is 2. The number of esters is 2. The lowest BCUT2D eigenvalue weighted by molar-refractivity contribution is -0.147. The maximum absolute atomic E-state index is 12.9. The van der Waals surface area contributed by atoms with Crippen molar-refractivity contribution in [2.45, 2.75) is 26.5 Å². The molecule has 0 saturated heterocycles. The molecule has 0 radical (unpaired) electrons. The van der Waals surface area contributed by atoms with Gasteiger partial charge < -0.3 is 43.6 Å². The van der Waals surface area contributed by atoms with Crippen LogP contribution in [0, 0.1) is 5.92 Å². The van der Waals surface area contributed by atoms with Crippen molar-refractivity contribution in [3.63, 3.8) is 0 Å². The Morgan fingerprint density at radius 1 is 0.886 bits per heavy atom. The molecule has 0 saturated carbocycles. The summed E-state index contributed by atoms with van der Waals surface area (Å²) in [6, 6.07) is 2.33. The molecule has 2 N–H and O–H groups in total. The summed E-state index contributed by atoms with van der Waals surface area (Å²) in [6.07, 6.45) is 0. The molecule has 2 aromatic carbocycles. The van der Waals surface area contributed by atoms with E-state index in [1.54, 1.807) is 6.07 Å². The van der Waals surface area contributed by atoms with E-state index in [0.29, 0.717) is 39.7 Å². The number of ether oxygens (including phenoxy) is 8. The number of carbonyl (C=O) groups excluding carboxylic acids is 2. The van der Waals surface area contributed by atoms with Gasteiger partial charge in [0.05, 0.1) is 26.9 Å². The predicted molar refractivity (Wildman–Crippen MR) is 121 cm³/mol. The molecule has 2 aliphatic heterocycles. The highest BCUT2D eigenvalue weighted by Crippen LogP contribution is 2.56. The zero-order valence-electron chi connectivity index (χ0n) is 20.1. The molecule has 0 aromatic heterocycles. The van der Waals surface area contributed by atoms with Gasteiger partial charge >= 0.3 is 11.9 Å². The van der Waals surface area contributed by atoms with E-state index in [1.807, 2.05) is 13.8 Å². The smallest absolute Gasteiger partial charge is 0.338 e. The zero-order valence-corrected chi connectivity index (χ0v) is 20.1. The molecular formula is C24H27NO10. The van der Waals surface area contributed by atoms with E-state index in [9.17, 15) is 9.59 Å². The number of nitrogens with two attached hydrogens (primary N) is 1. The van der Waals surface area contributed by atoms with Crippen LogP contribution in [-0.4, -0.2) is 52.9 Å². The molecule has 35 heavy (non-hydrogen) atoms. The van der Waals surface area contributed by atoms with Crippen LogP contribution in [0.15, 0.2) is 12.1 Å². The second-order valence-corrected chi connectivity index (χ2v) is 8.11. The van der Waals surface area contributed by atoms with Gasteiger partial charge in [0.2, 0.25) is 25.1 Å². The summed E-state index contributed by atoms with van der Waals surface area (Å²) in [5, 5.41) is 0. The van der Waals surface area contributed by atoms with Crippen molar-refractivity contribution in [2.24, 2.45) is 11.7 Å². The van der Waals surface area contributed by atoms with E-state index in [0.717, 1.165) is 0 Å². The third-order valence-corrected chi connectivity index (χ3v) is 5.75. The maximum Gasteiger partial charge on any atom is 0.338 e. The number of methoxy groups -OCH3 is 3. The summed E-state index contributed by atoms with van der Waals surface area (Å²) in [6.45, 7) is 3.28. The first-order valence-electron chi connectivity index (χ1n) is 10.8. The lowest BCUT2D eigenvalue weighted by atomic mass is 9.92. The highest BCUT2D eigenvalue weighted by Gasteiger charge is 2.36. The van der Waals surface area contributed by atoms with Crippen LogP contribution in [0.5, 0.6) is 34.5 Å². The fraction of sp³-hybridized carbons (Fsp3) is 0.417. The van der Waals surface area contributed by atoms with E-state index in [1.165, 1.54) is 27.4 Å². The standard InChI is InChI=1S/C24H27NO10/c1-11(2)18(25)24(27)31-8-12-6-14(28-3)19-21(34-9-32-19)16(12)17-13(23(26)30-5)7-15(29-4)20-22(17)35-10-33-20/h6-7,11,18H,8-10,25H2,1-5H3/t18-/m1/s1. The molecule has 0 aliphatic carbocycles. The molecule has 2 aromatic rings. The van der Waals surface area contributed by atoms with Crippen molar-refractivity contribution in [2.75, 3.05) is 34.9 Å². The minimum absolute atomic E-state index is 0.0799. The average Bonchev–Trinajstić information content (AvgIpc) is 3.55. The summed E-state index contributed by atoms with van der Waals surface area (Å²) in [5.41, 5.74) is 7.25. The number of hydrogen-bond donors (Lipinski definition) is 1. The van der Waals surface area contributed by atoms with Crippen molar-refractivity contribution in [3.8, 4) is 45.6 Å². The second-order valence-electron chi connectivity index (χ2n) is 8.11. The zero-order chi connectivity index (χ0) is 25.3. The van der Waals surface area contributed by atoms with Crippen LogP contribution in [0.3, 0.4) is 0 Å². The first-order valence-corrected chi connectivity index (χ1v) is 10.8. The number of rotatable bonds is 8. The van der Waals surface area contributed by atoms with Gasteiger partial charge in [-0.3, -0.25) is 4.79 Å². The van der Waals surface area contributed by atoms with Gasteiger partial charge in [0.15, 0.2) is 23.0 Å². The highest BCUT2D eigenvalue weighted by atomic mass is 16.7. The minimum atomic E-state index is -0.804. The highest BCUT2D eigenvalue weighted by molar-refractivity contribution is 6.03. The summed E-state index contributed by atoms with van der Waals surface area (Å²) < 4.78 is 44.2. The lowest BCUT2D eigenvalue weighted by Crippen LogP contribution is -2.36. The van der Waals surface area contributed by atoms with Gasteiger partial charge in [0, 0.05) is 16.7 Å². The first kappa shape index (κ1) is 24.3. The Kier molecular flexibility index (Phi) is 6.79. The van der Waals surface area contributed by atoms with Gasteiger partial charge in [-0.1, -0.05) is 13.8 Å². The molecule has 0 spiro atoms. The molecule has 0 fully saturated rings. The monoisotopic (exact) mass is 489 g/mol. The fourth-order valence-electron chi connectivity index (χ4n) is 3.85. The molecule has 11 heteroatoms. The Balaban J connectivity index is 1.95. The Morgan fingerprint density at radius 3 is 1.97 bits per heavy atom. The number of hydrogen-bond acceptors (Lipinski definition) is 11. The number of carbonyl (C=O) groups is 2. The second kappa shape index (κ2) is 9.79. The molecule has 4 rings (SSSR count). The maximum atomic E-state index is 12.9. The summed E-state index contributed by atoms with van der Waals surface area (Å²) >= 11 is 0. The van der Waals surface area contributed by atoms with Crippen LogP contribution in [0.1, 0.15) is 29.8 Å². The van der Waals surface area contributed by atoms with Gasteiger partial charge in [-0.25, -0.2) is 4.79 Å². The van der Waals surface area contributed by atoms with E-state index in [-0.39, 0.29) is 43.2 Å². The Labute approximate surface area is 201 Å². The molecule has 0 unspecified atom stereocenters. The van der Waals surface area contributed by atoms with Crippen molar-refractivity contribution < 1.29 is 47.5 Å². The van der Waals surface area contributed by atoms with Crippen molar-refractivity contribution in [1.82, 2.24) is 0 Å². The Morgan fingerprint density at radius 2 is 1.43 bits per heavy atom. The predicted octanol–water partition coefficient (Wildman–Crippen LogP) is 2.64. The van der Waals surface area contributed by atoms with Crippen molar-refractivity contribution in [3.05, 3.63) is 23.3 Å². The molecule has 188 valence electrons. The summed E-state index contributed by atoms with van der Waals surface area (Å²) in [4.78, 5) is 25.4. The Hall–Kier alpha value is -3.86. The van der Waals surface area contributed by atoms with E-state index in [4.69, 9.17) is 43.6 Å². The molecule has 0 bridgehead atoms. The van der Waals surface area contributed by atoms with Crippen LogP contribution in [-0.2, 0) is 20.9 Å². The van der Waals surface area contributed by atoms with Crippen LogP contribution in [0.4, 0.5) is 0 Å². The third-order valence-electron chi connectivity index (χ3n) is 5.75. The van der Waals surface area contributed by atoms with Crippen LogP contribution < -0.4 is 34.2 Å². The van der Waals surface area contributed by atoms with E-state index >= 15 is 0 Å². The lowest BCUT2D eigenvalue weighted by Gasteiger charge is -2.20. The van der Waals surface area contributed by atoms with Crippen LogP contribution >= 0.6 is 0 Å². The van der Waals surface area contributed by atoms with Gasteiger partial charge in [0.25, 0.3) is 0 Å². The van der Waals surface area contributed by atoms with Gasteiger partial charge in [-0.05, 0) is 18.1 Å². The largest absolute Gasteiger partial charge is 0.493 e. The van der Waals surface area contributed by atoms with Crippen molar-refractivity contribution in [1.29, 1.82) is 0 Å². The molecular weight excluding hydrogens is 462 g/mol. The summed E-state index contributed by atoms with van der Waals surface area (Å²) in [7, 11) is 4.18. The first-order chi connectivity index (χ1) is 16.8. The average molecular weight is 489 g/mol. The van der Waals surface area contributed by atoms with Gasteiger partial charge in [0.1, 0.15) is 12.6 Å². The molecule has 11 nitrogen and oxygen atoms in total. The van der Waals surface area contributed by atoms with Crippen molar-refractivity contribution >= 4 is 11.9 Å². The van der Waals surface area contributed by atoms with Crippen LogP contribution in [0.25, 0.3) is 11.1 Å².